The number of carbonyl (C=O) groups is 2. The van der Waals surface area contributed by atoms with E-state index in [0.29, 0.717) is 23.6 Å². The third-order valence-corrected chi connectivity index (χ3v) is 4.16. The molecule has 2 aromatic carbocycles. The van der Waals surface area contributed by atoms with Crippen molar-refractivity contribution in [1.29, 1.82) is 0 Å². The molecule has 3 rings (SSSR count). The van der Waals surface area contributed by atoms with Crippen LogP contribution in [0.4, 0.5) is 5.69 Å². The van der Waals surface area contributed by atoms with Gasteiger partial charge in [-0.25, -0.2) is 0 Å². The maximum atomic E-state index is 12.8. The molecule has 138 valence electrons. The molecule has 0 aliphatic carbocycles. The average Bonchev–Trinajstić information content (AvgIpc) is 3.18. The molecule has 0 aliphatic heterocycles. The van der Waals surface area contributed by atoms with E-state index in [0.717, 1.165) is 11.3 Å². The molecule has 0 saturated heterocycles. The Bertz CT molecular complexity index is 897. The number of carbonyl (C=O) groups excluding carboxylic acids is 2. The Labute approximate surface area is 158 Å². The van der Waals surface area contributed by atoms with Crippen molar-refractivity contribution in [2.75, 3.05) is 11.5 Å². The van der Waals surface area contributed by atoms with Crippen molar-refractivity contribution >= 4 is 17.4 Å². The van der Waals surface area contributed by atoms with Crippen LogP contribution < -0.4 is 9.64 Å². The Balaban J connectivity index is 1.72. The molecule has 5 heteroatoms. The molecule has 0 saturated carbocycles. The molecule has 0 aliphatic rings. The number of amides is 1. The van der Waals surface area contributed by atoms with Gasteiger partial charge in [-0.15, -0.1) is 0 Å². The van der Waals surface area contributed by atoms with Crippen LogP contribution >= 0.6 is 0 Å². The summed E-state index contributed by atoms with van der Waals surface area (Å²) in [6.45, 7) is 3.71. The number of aryl methyl sites for hydroxylation is 1. The lowest BCUT2D eigenvalue weighted by Crippen LogP contribution is -2.34. The topological polar surface area (TPSA) is 59.8 Å². The van der Waals surface area contributed by atoms with Crippen LogP contribution in [0.15, 0.2) is 71.3 Å². The summed E-state index contributed by atoms with van der Waals surface area (Å²) in [4.78, 5) is 25.8. The number of ketones is 1. The van der Waals surface area contributed by atoms with E-state index >= 15 is 0 Å². The number of anilines is 1. The standard InChI is InChI=1S/C22H21NO4/c1-16-5-9-19(10-6-16)23(14-21-4-3-13-26-21)22(25)15-27-20-11-7-18(8-12-20)17(2)24/h3-13H,14-15H2,1-2H3. The molecular weight excluding hydrogens is 342 g/mol. The molecule has 0 fully saturated rings. The van der Waals surface area contributed by atoms with Gasteiger partial charge in [-0.05, 0) is 62.4 Å². The van der Waals surface area contributed by atoms with E-state index < -0.39 is 0 Å². The molecule has 0 radical (unpaired) electrons. The maximum absolute atomic E-state index is 12.8. The van der Waals surface area contributed by atoms with Crippen molar-refractivity contribution in [3.05, 3.63) is 83.8 Å². The Morgan fingerprint density at radius 2 is 1.70 bits per heavy atom. The van der Waals surface area contributed by atoms with Gasteiger partial charge >= 0.3 is 0 Å². The lowest BCUT2D eigenvalue weighted by Gasteiger charge is -2.22. The summed E-state index contributed by atoms with van der Waals surface area (Å²) < 4.78 is 11.0. The number of ether oxygens (including phenoxy) is 1. The van der Waals surface area contributed by atoms with Gasteiger partial charge in [-0.1, -0.05) is 17.7 Å². The smallest absolute Gasteiger partial charge is 0.265 e. The molecule has 0 N–H and O–H groups in total. The Morgan fingerprint density at radius 3 is 2.30 bits per heavy atom. The highest BCUT2D eigenvalue weighted by atomic mass is 16.5. The van der Waals surface area contributed by atoms with E-state index in [2.05, 4.69) is 0 Å². The molecule has 1 amide bonds. The van der Waals surface area contributed by atoms with Crippen molar-refractivity contribution in [2.45, 2.75) is 20.4 Å². The number of hydrogen-bond acceptors (Lipinski definition) is 4. The summed E-state index contributed by atoms with van der Waals surface area (Å²) in [5, 5.41) is 0. The molecule has 0 unspecified atom stereocenters. The summed E-state index contributed by atoms with van der Waals surface area (Å²) >= 11 is 0. The first-order valence-corrected chi connectivity index (χ1v) is 8.66. The molecule has 1 heterocycles. The van der Waals surface area contributed by atoms with E-state index in [-0.39, 0.29) is 18.3 Å². The average molecular weight is 363 g/mol. The number of nitrogens with zero attached hydrogens (tertiary/aromatic N) is 1. The van der Waals surface area contributed by atoms with Crippen molar-refractivity contribution in [1.82, 2.24) is 0 Å². The first-order valence-electron chi connectivity index (χ1n) is 8.66. The lowest BCUT2D eigenvalue weighted by molar-refractivity contribution is -0.120. The minimum absolute atomic E-state index is 0.0124. The van der Waals surface area contributed by atoms with E-state index in [1.54, 1.807) is 41.5 Å². The highest BCUT2D eigenvalue weighted by Gasteiger charge is 2.18. The highest BCUT2D eigenvalue weighted by Crippen LogP contribution is 2.20. The van der Waals surface area contributed by atoms with Crippen molar-refractivity contribution in [3.8, 4) is 5.75 Å². The van der Waals surface area contributed by atoms with Gasteiger partial charge in [0.1, 0.15) is 11.5 Å². The zero-order valence-electron chi connectivity index (χ0n) is 15.3. The normalized spacial score (nSPS) is 10.4. The number of Topliss-reactive ketones (excluding diaryl/α,β-unsaturated/α-hetero) is 1. The second kappa shape index (κ2) is 8.36. The Hall–Kier alpha value is -3.34. The van der Waals surface area contributed by atoms with Crippen LogP contribution in [0.5, 0.6) is 5.75 Å². The van der Waals surface area contributed by atoms with Crippen LogP contribution in [0.2, 0.25) is 0 Å². The Morgan fingerprint density at radius 1 is 1.00 bits per heavy atom. The van der Waals surface area contributed by atoms with Crippen LogP contribution in [0.25, 0.3) is 0 Å². The van der Waals surface area contributed by atoms with Crippen LogP contribution in [-0.4, -0.2) is 18.3 Å². The minimum Gasteiger partial charge on any atom is -0.484 e. The van der Waals surface area contributed by atoms with E-state index in [9.17, 15) is 9.59 Å². The zero-order valence-corrected chi connectivity index (χ0v) is 15.3. The second-order valence-corrected chi connectivity index (χ2v) is 6.26. The molecule has 27 heavy (non-hydrogen) atoms. The Kier molecular flexibility index (Phi) is 5.71. The fraction of sp³-hybridized carbons (Fsp3) is 0.182. The summed E-state index contributed by atoms with van der Waals surface area (Å²) in [6.07, 6.45) is 1.58. The molecular formula is C22H21NO4. The number of benzene rings is 2. The van der Waals surface area contributed by atoms with Crippen LogP contribution in [0.3, 0.4) is 0 Å². The van der Waals surface area contributed by atoms with E-state index in [1.165, 1.54) is 6.92 Å². The van der Waals surface area contributed by atoms with Gasteiger partial charge in [0.05, 0.1) is 12.8 Å². The summed E-state index contributed by atoms with van der Waals surface area (Å²) in [5.74, 6) is 1.03. The lowest BCUT2D eigenvalue weighted by atomic mass is 10.1. The van der Waals surface area contributed by atoms with Crippen LogP contribution in [0.1, 0.15) is 28.6 Å². The fourth-order valence-corrected chi connectivity index (χ4v) is 2.62. The van der Waals surface area contributed by atoms with Gasteiger partial charge in [-0.3, -0.25) is 9.59 Å². The van der Waals surface area contributed by atoms with Crippen LogP contribution in [0, 0.1) is 6.92 Å². The third kappa shape index (κ3) is 4.85. The van der Waals surface area contributed by atoms with Gasteiger partial charge in [0.25, 0.3) is 5.91 Å². The molecule has 0 bridgehead atoms. The predicted molar refractivity (Wildman–Crippen MR) is 103 cm³/mol. The summed E-state index contributed by atoms with van der Waals surface area (Å²) in [7, 11) is 0. The molecule has 1 aromatic heterocycles. The van der Waals surface area contributed by atoms with Crippen molar-refractivity contribution < 1.29 is 18.7 Å². The SMILES string of the molecule is CC(=O)c1ccc(OCC(=O)N(Cc2ccco2)c2ccc(C)cc2)cc1. The molecule has 3 aromatic rings. The van der Waals surface area contributed by atoms with E-state index in [4.69, 9.17) is 9.15 Å². The first-order chi connectivity index (χ1) is 13.0. The van der Waals surface area contributed by atoms with Crippen LogP contribution in [-0.2, 0) is 11.3 Å². The fourth-order valence-electron chi connectivity index (χ4n) is 2.62. The molecule has 5 nitrogen and oxygen atoms in total. The molecule has 0 spiro atoms. The largest absolute Gasteiger partial charge is 0.484 e. The summed E-state index contributed by atoms with van der Waals surface area (Å²) in [5.41, 5.74) is 2.50. The van der Waals surface area contributed by atoms with Gasteiger partial charge in [-0.2, -0.15) is 0 Å². The number of rotatable bonds is 7. The molecule has 0 atom stereocenters. The van der Waals surface area contributed by atoms with Gasteiger partial charge in [0.15, 0.2) is 12.4 Å². The zero-order chi connectivity index (χ0) is 19.2. The summed E-state index contributed by atoms with van der Waals surface area (Å²) in [6, 6.07) is 18.1. The maximum Gasteiger partial charge on any atom is 0.265 e. The second-order valence-electron chi connectivity index (χ2n) is 6.26. The third-order valence-electron chi connectivity index (χ3n) is 4.16. The van der Waals surface area contributed by atoms with Gasteiger partial charge in [0, 0.05) is 11.3 Å². The quantitative estimate of drug-likeness (QED) is 0.584. The monoisotopic (exact) mass is 363 g/mol. The van der Waals surface area contributed by atoms with Crippen molar-refractivity contribution in [2.24, 2.45) is 0 Å². The highest BCUT2D eigenvalue weighted by molar-refractivity contribution is 5.95. The predicted octanol–water partition coefficient (Wildman–Crippen LogP) is 4.40. The van der Waals surface area contributed by atoms with Gasteiger partial charge in [0.2, 0.25) is 0 Å². The number of furan rings is 1. The van der Waals surface area contributed by atoms with Gasteiger partial charge < -0.3 is 14.1 Å². The number of hydrogen-bond donors (Lipinski definition) is 0. The van der Waals surface area contributed by atoms with Crippen molar-refractivity contribution in [3.63, 3.8) is 0 Å². The first kappa shape index (κ1) is 18.5. The minimum atomic E-state index is -0.189. The van der Waals surface area contributed by atoms with E-state index in [1.807, 2.05) is 37.3 Å².